The van der Waals surface area contributed by atoms with E-state index in [9.17, 15) is 14.0 Å². The topological polar surface area (TPSA) is 81.4 Å². The number of hydrogen-bond acceptors (Lipinski definition) is 4. The Balaban J connectivity index is 2.71. The van der Waals surface area contributed by atoms with Crippen molar-refractivity contribution in [2.24, 2.45) is 0 Å². The third-order valence-electron chi connectivity index (χ3n) is 2.38. The van der Waals surface area contributed by atoms with Crippen molar-refractivity contribution in [1.82, 2.24) is 5.32 Å². The molecule has 18 heavy (non-hydrogen) atoms. The van der Waals surface area contributed by atoms with Crippen LogP contribution >= 0.6 is 0 Å². The highest BCUT2D eigenvalue weighted by Gasteiger charge is 2.16. The molecule has 1 aromatic carbocycles. The maximum absolute atomic E-state index is 13.2. The molecule has 1 unspecified atom stereocenters. The van der Waals surface area contributed by atoms with Crippen LogP contribution in [-0.4, -0.2) is 25.0 Å². The molecule has 98 valence electrons. The van der Waals surface area contributed by atoms with E-state index in [1.54, 1.807) is 6.92 Å². The lowest BCUT2D eigenvalue weighted by atomic mass is 10.1. The number of rotatable bonds is 4. The first-order valence-corrected chi connectivity index (χ1v) is 5.37. The van der Waals surface area contributed by atoms with E-state index in [1.807, 2.05) is 0 Å². The number of esters is 1. The molecule has 0 fully saturated rings. The largest absolute Gasteiger partial charge is 0.469 e. The number of ether oxygens (including phenoxy) is 1. The van der Waals surface area contributed by atoms with Gasteiger partial charge in [-0.15, -0.1) is 0 Å². The van der Waals surface area contributed by atoms with E-state index in [-0.39, 0.29) is 17.7 Å². The van der Waals surface area contributed by atoms with Crippen LogP contribution in [0.5, 0.6) is 0 Å². The minimum Gasteiger partial charge on any atom is -0.469 e. The van der Waals surface area contributed by atoms with Crippen molar-refractivity contribution in [3.63, 3.8) is 0 Å². The lowest BCUT2D eigenvalue weighted by Crippen LogP contribution is -2.34. The summed E-state index contributed by atoms with van der Waals surface area (Å²) in [5, 5.41) is 2.54. The molecule has 1 atom stereocenters. The fraction of sp³-hybridized carbons (Fsp3) is 0.333. The molecular weight excluding hydrogens is 239 g/mol. The monoisotopic (exact) mass is 254 g/mol. The van der Waals surface area contributed by atoms with Gasteiger partial charge in [-0.05, 0) is 19.1 Å². The van der Waals surface area contributed by atoms with Crippen LogP contribution in [0, 0.1) is 5.82 Å². The van der Waals surface area contributed by atoms with Gasteiger partial charge in [0.05, 0.1) is 24.8 Å². The number of nitrogens with two attached hydrogens (primary N) is 1. The van der Waals surface area contributed by atoms with Crippen LogP contribution in [-0.2, 0) is 9.53 Å². The van der Waals surface area contributed by atoms with E-state index in [4.69, 9.17) is 5.73 Å². The fourth-order valence-electron chi connectivity index (χ4n) is 1.42. The fourth-order valence-corrected chi connectivity index (χ4v) is 1.42. The normalized spacial score (nSPS) is 11.7. The second-order valence-corrected chi connectivity index (χ2v) is 3.86. The van der Waals surface area contributed by atoms with Crippen LogP contribution in [0.3, 0.4) is 0 Å². The number of methoxy groups -OCH3 is 1. The van der Waals surface area contributed by atoms with Gasteiger partial charge >= 0.3 is 5.97 Å². The van der Waals surface area contributed by atoms with Crippen molar-refractivity contribution in [3.05, 3.63) is 29.6 Å². The smallest absolute Gasteiger partial charge is 0.307 e. The Morgan fingerprint density at radius 2 is 2.17 bits per heavy atom. The zero-order valence-corrected chi connectivity index (χ0v) is 10.2. The third-order valence-corrected chi connectivity index (χ3v) is 2.38. The van der Waals surface area contributed by atoms with E-state index in [0.717, 1.165) is 0 Å². The van der Waals surface area contributed by atoms with Gasteiger partial charge in [0.15, 0.2) is 0 Å². The number of para-hydroxylation sites is 1. The summed E-state index contributed by atoms with van der Waals surface area (Å²) < 4.78 is 17.6. The SMILES string of the molecule is COC(=O)CC(C)NC(=O)c1cccc(F)c1N. The standard InChI is InChI=1S/C12H15FN2O3/c1-7(6-10(16)18-2)15-12(17)8-4-3-5-9(13)11(8)14/h3-5,7H,6,14H2,1-2H3,(H,15,17). The first-order chi connectivity index (χ1) is 8.45. The van der Waals surface area contributed by atoms with Crippen molar-refractivity contribution in [1.29, 1.82) is 0 Å². The Morgan fingerprint density at radius 3 is 2.78 bits per heavy atom. The maximum atomic E-state index is 13.2. The van der Waals surface area contributed by atoms with Gasteiger partial charge in [-0.2, -0.15) is 0 Å². The predicted octanol–water partition coefficient (Wildman–Crippen LogP) is 1.09. The van der Waals surface area contributed by atoms with Crippen LogP contribution < -0.4 is 11.1 Å². The average molecular weight is 254 g/mol. The molecule has 0 aliphatic rings. The van der Waals surface area contributed by atoms with Gasteiger partial charge in [0.25, 0.3) is 5.91 Å². The molecule has 1 amide bonds. The number of benzene rings is 1. The average Bonchev–Trinajstić information content (AvgIpc) is 2.32. The second kappa shape index (κ2) is 6.00. The number of hydrogen-bond donors (Lipinski definition) is 2. The molecular formula is C12H15FN2O3. The van der Waals surface area contributed by atoms with Crippen molar-refractivity contribution in [2.75, 3.05) is 12.8 Å². The summed E-state index contributed by atoms with van der Waals surface area (Å²) in [6.45, 7) is 1.64. The minimum atomic E-state index is -0.650. The summed E-state index contributed by atoms with van der Waals surface area (Å²) in [5.74, 6) is -1.61. The Morgan fingerprint density at radius 1 is 1.50 bits per heavy atom. The van der Waals surface area contributed by atoms with E-state index < -0.39 is 23.7 Å². The molecule has 1 aromatic rings. The molecule has 0 radical (unpaired) electrons. The summed E-state index contributed by atoms with van der Waals surface area (Å²) in [7, 11) is 1.27. The van der Waals surface area contributed by atoms with Crippen molar-refractivity contribution in [3.8, 4) is 0 Å². The van der Waals surface area contributed by atoms with E-state index >= 15 is 0 Å². The molecule has 0 heterocycles. The van der Waals surface area contributed by atoms with Gasteiger partial charge in [0.2, 0.25) is 0 Å². The molecule has 6 heteroatoms. The number of amides is 1. The first kappa shape index (κ1) is 14.0. The lowest BCUT2D eigenvalue weighted by Gasteiger charge is -2.13. The van der Waals surface area contributed by atoms with Crippen molar-refractivity contribution >= 4 is 17.6 Å². The van der Waals surface area contributed by atoms with Gasteiger partial charge < -0.3 is 15.8 Å². The summed E-state index contributed by atoms with van der Waals surface area (Å²) in [6.07, 6.45) is 0.0391. The highest BCUT2D eigenvalue weighted by molar-refractivity contribution is 5.99. The number of nitrogens with one attached hydrogen (secondary N) is 1. The number of anilines is 1. The Bertz CT molecular complexity index is 463. The van der Waals surface area contributed by atoms with Crippen molar-refractivity contribution < 1.29 is 18.7 Å². The van der Waals surface area contributed by atoms with Crippen LogP contribution in [0.1, 0.15) is 23.7 Å². The van der Waals surface area contributed by atoms with Gasteiger partial charge in [-0.1, -0.05) is 6.07 Å². The second-order valence-electron chi connectivity index (χ2n) is 3.86. The Labute approximate surface area is 104 Å². The third kappa shape index (κ3) is 3.44. The maximum Gasteiger partial charge on any atom is 0.307 e. The van der Waals surface area contributed by atoms with Crippen LogP contribution in [0.4, 0.5) is 10.1 Å². The predicted molar refractivity (Wildman–Crippen MR) is 64.4 cm³/mol. The van der Waals surface area contributed by atoms with Crippen LogP contribution in [0.2, 0.25) is 0 Å². The molecule has 0 saturated carbocycles. The summed E-state index contributed by atoms with van der Waals surface area (Å²) in [5.41, 5.74) is 5.30. The highest BCUT2D eigenvalue weighted by atomic mass is 19.1. The highest BCUT2D eigenvalue weighted by Crippen LogP contribution is 2.15. The summed E-state index contributed by atoms with van der Waals surface area (Å²) in [4.78, 5) is 22.8. The molecule has 0 aromatic heterocycles. The van der Waals surface area contributed by atoms with E-state index in [0.29, 0.717) is 0 Å². The van der Waals surface area contributed by atoms with Crippen LogP contribution in [0.25, 0.3) is 0 Å². The Hall–Kier alpha value is -2.11. The zero-order valence-electron chi connectivity index (χ0n) is 10.2. The van der Waals surface area contributed by atoms with E-state index in [1.165, 1.54) is 25.3 Å². The van der Waals surface area contributed by atoms with Crippen LogP contribution in [0.15, 0.2) is 18.2 Å². The molecule has 0 aliphatic carbocycles. The quantitative estimate of drug-likeness (QED) is 0.622. The lowest BCUT2D eigenvalue weighted by molar-refractivity contribution is -0.141. The molecule has 1 rings (SSSR count). The van der Waals surface area contributed by atoms with Gasteiger partial charge in [-0.3, -0.25) is 9.59 Å². The Kier molecular flexibility index (Phi) is 4.65. The summed E-state index contributed by atoms with van der Waals surface area (Å²) in [6, 6.07) is 3.56. The number of nitrogen functional groups attached to an aromatic ring is 1. The molecule has 0 bridgehead atoms. The molecule has 0 aliphatic heterocycles. The first-order valence-electron chi connectivity index (χ1n) is 5.37. The minimum absolute atomic E-state index is 0.0391. The van der Waals surface area contributed by atoms with Gasteiger partial charge in [0, 0.05) is 6.04 Å². The summed E-state index contributed by atoms with van der Waals surface area (Å²) >= 11 is 0. The molecule has 5 nitrogen and oxygen atoms in total. The number of halogens is 1. The van der Waals surface area contributed by atoms with Gasteiger partial charge in [0.1, 0.15) is 5.82 Å². The number of carbonyl (C=O) groups is 2. The van der Waals surface area contributed by atoms with Gasteiger partial charge in [-0.25, -0.2) is 4.39 Å². The molecule has 0 spiro atoms. The van der Waals surface area contributed by atoms with Crippen molar-refractivity contribution in [2.45, 2.75) is 19.4 Å². The zero-order chi connectivity index (χ0) is 13.7. The molecule has 0 saturated heterocycles. The molecule has 3 N–H and O–H groups in total. The number of carbonyl (C=O) groups excluding carboxylic acids is 2. The van der Waals surface area contributed by atoms with E-state index in [2.05, 4.69) is 10.1 Å².